The van der Waals surface area contributed by atoms with Crippen LogP contribution >= 0.6 is 12.2 Å². The van der Waals surface area contributed by atoms with E-state index in [0.717, 1.165) is 0 Å². The summed E-state index contributed by atoms with van der Waals surface area (Å²) >= 11 is 4.62. The second-order valence-electron chi connectivity index (χ2n) is 1.71. The van der Waals surface area contributed by atoms with E-state index in [1.165, 1.54) is 5.37 Å². The predicted molar refractivity (Wildman–Crippen MR) is 43.8 cm³/mol. The molecular formula is C6H13NO2S. The molecule has 0 saturated carbocycles. The summed E-state index contributed by atoms with van der Waals surface area (Å²) in [4.78, 5) is 0. The van der Waals surface area contributed by atoms with Gasteiger partial charge >= 0.3 is 0 Å². The third kappa shape index (κ3) is 3.22. The lowest BCUT2D eigenvalue weighted by atomic mass is 10.5. The molecule has 0 aromatic rings. The highest BCUT2D eigenvalue weighted by Crippen LogP contribution is 2.01. The van der Waals surface area contributed by atoms with Crippen molar-refractivity contribution in [2.24, 2.45) is 5.73 Å². The first-order valence-electron chi connectivity index (χ1n) is 3.21. The molecule has 3 nitrogen and oxygen atoms in total. The van der Waals surface area contributed by atoms with E-state index in [0.29, 0.717) is 13.2 Å². The molecule has 0 aliphatic rings. The molecule has 10 heavy (non-hydrogen) atoms. The summed E-state index contributed by atoms with van der Waals surface area (Å²) in [5.74, 6) is -1.17. The first kappa shape index (κ1) is 9.97. The van der Waals surface area contributed by atoms with Gasteiger partial charge in [-0.3, -0.25) is 5.73 Å². The van der Waals surface area contributed by atoms with E-state index in [2.05, 4.69) is 12.2 Å². The molecule has 0 aliphatic carbocycles. The Morgan fingerprint density at radius 1 is 1.40 bits per heavy atom. The van der Waals surface area contributed by atoms with Gasteiger partial charge in [0.15, 0.2) is 0 Å². The summed E-state index contributed by atoms with van der Waals surface area (Å²) in [5, 5.41) is 1.28. The van der Waals surface area contributed by atoms with Crippen LogP contribution in [0, 0.1) is 0 Å². The second-order valence-corrected chi connectivity index (χ2v) is 1.94. The highest BCUT2D eigenvalue weighted by Gasteiger charge is 2.21. The van der Waals surface area contributed by atoms with Gasteiger partial charge in [0.1, 0.15) is 0 Å². The lowest BCUT2D eigenvalue weighted by molar-refractivity contribution is -0.174. The maximum Gasteiger partial charge on any atom is 0.256 e. The quantitative estimate of drug-likeness (QED) is 0.478. The van der Waals surface area contributed by atoms with Crippen LogP contribution in [0.5, 0.6) is 0 Å². The summed E-state index contributed by atoms with van der Waals surface area (Å²) in [5.41, 5.74) is 5.51. The summed E-state index contributed by atoms with van der Waals surface area (Å²) in [7, 11) is 0. The SMILES string of the molecule is CCOC(N)(C=S)OCC. The molecule has 0 spiro atoms. The van der Waals surface area contributed by atoms with Crippen molar-refractivity contribution < 1.29 is 9.47 Å². The van der Waals surface area contributed by atoms with Crippen LogP contribution in [0.1, 0.15) is 13.8 Å². The number of rotatable bonds is 5. The number of ether oxygens (including phenoxy) is 2. The number of hydrogen-bond donors (Lipinski definition) is 1. The highest BCUT2D eigenvalue weighted by atomic mass is 32.1. The van der Waals surface area contributed by atoms with Crippen LogP contribution in [0.2, 0.25) is 0 Å². The zero-order chi connectivity index (χ0) is 8.04. The van der Waals surface area contributed by atoms with Gasteiger partial charge in [-0.05, 0) is 13.8 Å². The summed E-state index contributed by atoms with van der Waals surface area (Å²) in [6.07, 6.45) is 0. The van der Waals surface area contributed by atoms with Crippen LogP contribution in [0.3, 0.4) is 0 Å². The van der Waals surface area contributed by atoms with Crippen molar-refractivity contribution in [3.05, 3.63) is 0 Å². The second kappa shape index (κ2) is 4.73. The van der Waals surface area contributed by atoms with E-state index >= 15 is 0 Å². The fourth-order valence-electron chi connectivity index (χ4n) is 0.561. The number of thiocarbonyl (C=S) groups is 1. The van der Waals surface area contributed by atoms with Crippen LogP contribution in [-0.2, 0) is 9.47 Å². The Balaban J connectivity index is 3.81. The van der Waals surface area contributed by atoms with Crippen molar-refractivity contribution in [3.8, 4) is 0 Å². The maximum absolute atomic E-state index is 5.51. The molecule has 0 aliphatic heterocycles. The first-order chi connectivity index (χ1) is 4.68. The molecule has 0 rings (SSSR count). The zero-order valence-electron chi connectivity index (χ0n) is 6.29. The third-order valence-corrected chi connectivity index (χ3v) is 1.23. The first-order valence-corrected chi connectivity index (χ1v) is 3.68. The molecule has 60 valence electrons. The average Bonchev–Trinajstić information content (AvgIpc) is 1.89. The fraction of sp³-hybridized carbons (Fsp3) is 0.833. The molecule has 0 aromatic heterocycles. The van der Waals surface area contributed by atoms with Gasteiger partial charge in [-0.15, -0.1) is 0 Å². The van der Waals surface area contributed by atoms with Crippen molar-refractivity contribution in [3.63, 3.8) is 0 Å². The van der Waals surface area contributed by atoms with E-state index < -0.39 is 5.91 Å². The van der Waals surface area contributed by atoms with Crippen molar-refractivity contribution in [2.75, 3.05) is 13.2 Å². The predicted octanol–water partition coefficient (Wildman–Crippen LogP) is 0.672. The molecule has 0 heterocycles. The largest absolute Gasteiger partial charge is 0.334 e. The van der Waals surface area contributed by atoms with Gasteiger partial charge in [-0.25, -0.2) is 0 Å². The van der Waals surface area contributed by atoms with Gasteiger partial charge in [0.25, 0.3) is 5.91 Å². The molecule has 4 heteroatoms. The Labute approximate surface area is 66.5 Å². The molecule has 0 saturated heterocycles. The molecule has 0 aromatic carbocycles. The summed E-state index contributed by atoms with van der Waals surface area (Å²) in [6, 6.07) is 0. The normalized spacial score (nSPS) is 11.5. The minimum atomic E-state index is -1.17. The van der Waals surface area contributed by atoms with E-state index in [-0.39, 0.29) is 0 Å². The third-order valence-electron chi connectivity index (χ3n) is 0.904. The van der Waals surface area contributed by atoms with Crippen molar-refractivity contribution in [2.45, 2.75) is 19.8 Å². The average molecular weight is 163 g/mol. The standard InChI is InChI=1S/C6H13NO2S/c1-3-8-6(7,5-10)9-4-2/h5H,3-4,7H2,1-2H3. The lowest BCUT2D eigenvalue weighted by Crippen LogP contribution is -2.46. The Bertz CT molecular complexity index is 102. The van der Waals surface area contributed by atoms with E-state index in [1.54, 1.807) is 0 Å². The molecule has 0 fully saturated rings. The van der Waals surface area contributed by atoms with Gasteiger partial charge < -0.3 is 9.47 Å². The van der Waals surface area contributed by atoms with Gasteiger partial charge in [-0.1, -0.05) is 12.2 Å². The van der Waals surface area contributed by atoms with Crippen molar-refractivity contribution in [1.82, 2.24) is 0 Å². The Morgan fingerprint density at radius 3 is 2.00 bits per heavy atom. The molecule has 0 atom stereocenters. The van der Waals surface area contributed by atoms with Crippen LogP contribution < -0.4 is 5.73 Å². The minimum absolute atomic E-state index is 0.490. The Hall–Kier alpha value is -0.0300. The topological polar surface area (TPSA) is 44.5 Å². The number of nitrogens with two attached hydrogens (primary N) is 1. The van der Waals surface area contributed by atoms with Crippen molar-refractivity contribution in [1.29, 1.82) is 0 Å². The molecule has 0 amide bonds. The number of hydrogen-bond acceptors (Lipinski definition) is 4. The van der Waals surface area contributed by atoms with Gasteiger partial charge in [0, 0.05) is 13.2 Å². The van der Waals surface area contributed by atoms with Crippen molar-refractivity contribution >= 4 is 17.6 Å². The molecule has 0 radical (unpaired) electrons. The van der Waals surface area contributed by atoms with E-state index in [9.17, 15) is 0 Å². The smallest absolute Gasteiger partial charge is 0.256 e. The lowest BCUT2D eigenvalue weighted by Gasteiger charge is -2.23. The van der Waals surface area contributed by atoms with Gasteiger partial charge in [-0.2, -0.15) is 0 Å². The molecular weight excluding hydrogens is 150 g/mol. The van der Waals surface area contributed by atoms with E-state index in [4.69, 9.17) is 15.2 Å². The van der Waals surface area contributed by atoms with Crippen LogP contribution in [0.15, 0.2) is 0 Å². The van der Waals surface area contributed by atoms with E-state index in [1.807, 2.05) is 13.8 Å². The molecule has 0 bridgehead atoms. The molecule has 0 unspecified atom stereocenters. The molecule has 2 N–H and O–H groups in total. The minimum Gasteiger partial charge on any atom is -0.334 e. The fourth-order valence-corrected chi connectivity index (χ4v) is 0.697. The monoisotopic (exact) mass is 163 g/mol. The maximum atomic E-state index is 5.51. The van der Waals surface area contributed by atoms with Gasteiger partial charge in [0.2, 0.25) is 0 Å². The Kier molecular flexibility index (Phi) is 4.72. The van der Waals surface area contributed by atoms with Crippen LogP contribution in [0.25, 0.3) is 0 Å². The van der Waals surface area contributed by atoms with Gasteiger partial charge in [0.05, 0.1) is 5.37 Å². The van der Waals surface area contributed by atoms with Crippen LogP contribution in [0.4, 0.5) is 0 Å². The summed E-state index contributed by atoms with van der Waals surface area (Å²) in [6.45, 7) is 4.65. The van der Waals surface area contributed by atoms with Crippen LogP contribution in [-0.4, -0.2) is 24.5 Å². The summed E-state index contributed by atoms with van der Waals surface area (Å²) < 4.78 is 10.0. The highest BCUT2D eigenvalue weighted by molar-refractivity contribution is 7.79. The zero-order valence-corrected chi connectivity index (χ0v) is 7.11. The Morgan fingerprint density at radius 2 is 1.80 bits per heavy atom.